The Morgan fingerprint density at radius 2 is 1.75 bits per heavy atom. The van der Waals surface area contributed by atoms with Crippen LogP contribution in [0.4, 0.5) is 11.4 Å². The minimum absolute atomic E-state index is 0.110. The Morgan fingerprint density at radius 1 is 1.04 bits per heavy atom. The van der Waals surface area contributed by atoms with Crippen LogP contribution in [0.2, 0.25) is 0 Å². The third kappa shape index (κ3) is 3.28. The van der Waals surface area contributed by atoms with Gasteiger partial charge in [-0.1, -0.05) is 17.7 Å². The largest absolute Gasteiger partial charge is 0.312 e. The van der Waals surface area contributed by atoms with Crippen molar-refractivity contribution in [1.29, 1.82) is 0 Å². The van der Waals surface area contributed by atoms with Crippen LogP contribution < -0.4 is 9.62 Å². The zero-order valence-electron chi connectivity index (χ0n) is 13.7. The van der Waals surface area contributed by atoms with E-state index in [0.29, 0.717) is 24.2 Å². The summed E-state index contributed by atoms with van der Waals surface area (Å²) in [6.45, 7) is 4.42. The second kappa shape index (κ2) is 6.28. The zero-order valence-corrected chi connectivity index (χ0v) is 14.6. The van der Waals surface area contributed by atoms with Crippen LogP contribution in [0.25, 0.3) is 0 Å². The van der Waals surface area contributed by atoms with Gasteiger partial charge < -0.3 is 4.90 Å². The number of rotatable bonds is 4. The monoisotopic (exact) mass is 344 g/mol. The number of carbonyl (C=O) groups is 1. The van der Waals surface area contributed by atoms with Gasteiger partial charge in [-0.05, 0) is 56.2 Å². The lowest BCUT2D eigenvalue weighted by Gasteiger charge is -2.16. The first-order valence-electron chi connectivity index (χ1n) is 7.87. The molecular weight excluding hydrogens is 324 g/mol. The fourth-order valence-corrected chi connectivity index (χ4v) is 4.23. The summed E-state index contributed by atoms with van der Waals surface area (Å²) in [5.41, 5.74) is 3.00. The van der Waals surface area contributed by atoms with E-state index >= 15 is 0 Å². The SMILES string of the molecule is Cc1ccc(S(=O)(=O)Nc2ccc(N3CCCC3=O)cc2)c(C)c1. The number of carbonyl (C=O) groups excluding carboxylic acids is 1. The van der Waals surface area contributed by atoms with Gasteiger partial charge in [-0.25, -0.2) is 8.42 Å². The summed E-state index contributed by atoms with van der Waals surface area (Å²) in [4.78, 5) is 13.7. The highest BCUT2D eigenvalue weighted by atomic mass is 32.2. The molecule has 126 valence electrons. The number of aryl methyl sites for hydroxylation is 2. The molecule has 5 nitrogen and oxygen atoms in total. The second-order valence-corrected chi connectivity index (χ2v) is 7.72. The molecule has 2 aromatic carbocycles. The fourth-order valence-electron chi connectivity index (χ4n) is 2.94. The number of sulfonamides is 1. The smallest absolute Gasteiger partial charge is 0.262 e. The van der Waals surface area contributed by atoms with Crippen molar-refractivity contribution in [1.82, 2.24) is 0 Å². The molecule has 0 saturated carbocycles. The Labute approximate surface area is 142 Å². The highest BCUT2D eigenvalue weighted by molar-refractivity contribution is 7.92. The maximum Gasteiger partial charge on any atom is 0.262 e. The van der Waals surface area contributed by atoms with E-state index in [1.165, 1.54) is 0 Å². The Bertz CT molecular complexity index is 874. The van der Waals surface area contributed by atoms with Crippen LogP contribution in [0, 0.1) is 13.8 Å². The van der Waals surface area contributed by atoms with E-state index in [9.17, 15) is 13.2 Å². The number of hydrogen-bond donors (Lipinski definition) is 1. The first kappa shape index (κ1) is 16.5. The molecule has 0 spiro atoms. The van der Waals surface area contributed by atoms with Crippen LogP contribution >= 0.6 is 0 Å². The van der Waals surface area contributed by atoms with E-state index < -0.39 is 10.0 Å². The van der Waals surface area contributed by atoms with Crippen molar-refractivity contribution in [3.8, 4) is 0 Å². The van der Waals surface area contributed by atoms with Crippen molar-refractivity contribution in [2.75, 3.05) is 16.2 Å². The van der Waals surface area contributed by atoms with Crippen LogP contribution in [0.1, 0.15) is 24.0 Å². The number of nitrogens with one attached hydrogen (secondary N) is 1. The Hall–Kier alpha value is -2.34. The molecule has 1 heterocycles. The molecule has 1 aliphatic heterocycles. The Balaban J connectivity index is 1.81. The molecule has 1 saturated heterocycles. The molecule has 1 N–H and O–H groups in total. The summed E-state index contributed by atoms with van der Waals surface area (Å²) >= 11 is 0. The molecule has 3 rings (SSSR count). The van der Waals surface area contributed by atoms with Gasteiger partial charge in [0.05, 0.1) is 4.90 Å². The number of anilines is 2. The average Bonchev–Trinajstić information content (AvgIpc) is 2.93. The van der Waals surface area contributed by atoms with Crippen molar-refractivity contribution < 1.29 is 13.2 Å². The molecule has 24 heavy (non-hydrogen) atoms. The number of nitrogens with zero attached hydrogens (tertiary/aromatic N) is 1. The number of hydrogen-bond acceptors (Lipinski definition) is 3. The quantitative estimate of drug-likeness (QED) is 0.926. The van der Waals surface area contributed by atoms with Gasteiger partial charge >= 0.3 is 0 Å². The molecule has 1 fully saturated rings. The first-order chi connectivity index (χ1) is 11.4. The van der Waals surface area contributed by atoms with E-state index in [4.69, 9.17) is 0 Å². The van der Waals surface area contributed by atoms with Crippen molar-refractivity contribution in [2.24, 2.45) is 0 Å². The van der Waals surface area contributed by atoms with Gasteiger partial charge in [0.15, 0.2) is 0 Å². The van der Waals surface area contributed by atoms with E-state index in [1.807, 2.05) is 13.0 Å². The van der Waals surface area contributed by atoms with Gasteiger partial charge in [0, 0.05) is 24.3 Å². The van der Waals surface area contributed by atoms with Crippen LogP contribution in [-0.4, -0.2) is 20.9 Å². The molecule has 0 bridgehead atoms. The maximum absolute atomic E-state index is 12.6. The standard InChI is InChI=1S/C18H20N2O3S/c1-13-5-10-17(14(2)12-13)24(22,23)19-15-6-8-16(9-7-15)20-11-3-4-18(20)21/h5-10,12,19H,3-4,11H2,1-2H3. The minimum atomic E-state index is -3.63. The number of amides is 1. The summed E-state index contributed by atoms with van der Waals surface area (Å²) in [7, 11) is -3.63. The van der Waals surface area contributed by atoms with Gasteiger partial charge in [0.2, 0.25) is 5.91 Å². The maximum atomic E-state index is 12.6. The third-order valence-corrected chi connectivity index (χ3v) is 5.67. The van der Waals surface area contributed by atoms with Gasteiger partial charge in [-0.3, -0.25) is 9.52 Å². The molecule has 1 amide bonds. The topological polar surface area (TPSA) is 66.5 Å². The predicted octanol–water partition coefficient (Wildman–Crippen LogP) is 3.23. The Morgan fingerprint density at radius 3 is 2.33 bits per heavy atom. The molecule has 0 aliphatic carbocycles. The van der Waals surface area contributed by atoms with Crippen LogP contribution in [0.3, 0.4) is 0 Å². The number of benzene rings is 2. The average molecular weight is 344 g/mol. The lowest BCUT2D eigenvalue weighted by molar-refractivity contribution is -0.117. The van der Waals surface area contributed by atoms with E-state index in [1.54, 1.807) is 48.2 Å². The molecular formula is C18H20N2O3S. The van der Waals surface area contributed by atoms with Crippen LogP contribution in [0.15, 0.2) is 47.4 Å². The van der Waals surface area contributed by atoms with Crippen molar-refractivity contribution in [3.05, 3.63) is 53.6 Å². The third-order valence-electron chi connectivity index (χ3n) is 4.12. The minimum Gasteiger partial charge on any atom is -0.312 e. The van der Waals surface area contributed by atoms with Gasteiger partial charge in [-0.15, -0.1) is 0 Å². The molecule has 0 radical (unpaired) electrons. The summed E-state index contributed by atoms with van der Waals surface area (Å²) in [5.74, 6) is 0.110. The van der Waals surface area contributed by atoms with Crippen molar-refractivity contribution >= 4 is 27.3 Å². The molecule has 0 unspecified atom stereocenters. The predicted molar refractivity (Wildman–Crippen MR) is 94.8 cm³/mol. The normalized spacial score (nSPS) is 14.9. The highest BCUT2D eigenvalue weighted by Gasteiger charge is 2.22. The lowest BCUT2D eigenvalue weighted by atomic mass is 10.2. The molecule has 0 aromatic heterocycles. The van der Waals surface area contributed by atoms with Crippen LogP contribution in [0.5, 0.6) is 0 Å². The van der Waals surface area contributed by atoms with Crippen LogP contribution in [-0.2, 0) is 14.8 Å². The van der Waals surface area contributed by atoms with Crippen molar-refractivity contribution in [3.63, 3.8) is 0 Å². The van der Waals surface area contributed by atoms with E-state index in [-0.39, 0.29) is 10.8 Å². The van der Waals surface area contributed by atoms with Gasteiger partial charge in [0.1, 0.15) is 0 Å². The fraction of sp³-hybridized carbons (Fsp3) is 0.278. The summed E-state index contributed by atoms with van der Waals surface area (Å²) in [6, 6.07) is 12.1. The summed E-state index contributed by atoms with van der Waals surface area (Å²) < 4.78 is 27.7. The molecule has 2 aromatic rings. The van der Waals surface area contributed by atoms with E-state index in [0.717, 1.165) is 17.7 Å². The Kier molecular flexibility index (Phi) is 4.32. The molecule has 1 aliphatic rings. The second-order valence-electron chi connectivity index (χ2n) is 6.07. The van der Waals surface area contributed by atoms with Crippen molar-refractivity contribution in [2.45, 2.75) is 31.6 Å². The molecule has 0 atom stereocenters. The lowest BCUT2D eigenvalue weighted by Crippen LogP contribution is -2.23. The highest BCUT2D eigenvalue weighted by Crippen LogP contribution is 2.25. The first-order valence-corrected chi connectivity index (χ1v) is 9.36. The molecule has 6 heteroatoms. The zero-order chi connectivity index (χ0) is 17.3. The van der Waals surface area contributed by atoms with Gasteiger partial charge in [-0.2, -0.15) is 0 Å². The summed E-state index contributed by atoms with van der Waals surface area (Å²) in [5, 5.41) is 0. The summed E-state index contributed by atoms with van der Waals surface area (Å²) in [6.07, 6.45) is 1.43. The van der Waals surface area contributed by atoms with E-state index in [2.05, 4.69) is 4.72 Å². The van der Waals surface area contributed by atoms with Gasteiger partial charge in [0.25, 0.3) is 10.0 Å².